The topological polar surface area (TPSA) is 104 Å². The first-order valence-electron chi connectivity index (χ1n) is 12.7. The molecule has 2 amide bonds. The molecule has 0 unspecified atom stereocenters. The fourth-order valence-corrected chi connectivity index (χ4v) is 4.55. The van der Waals surface area contributed by atoms with Crippen LogP contribution < -0.4 is 16.4 Å². The van der Waals surface area contributed by atoms with Crippen LogP contribution in [0.2, 0.25) is 0 Å². The Labute approximate surface area is 229 Å². The van der Waals surface area contributed by atoms with E-state index in [0.717, 1.165) is 24.7 Å². The molecule has 40 heavy (non-hydrogen) atoms. The van der Waals surface area contributed by atoms with Crippen molar-refractivity contribution in [2.75, 3.05) is 49.6 Å². The van der Waals surface area contributed by atoms with Crippen LogP contribution in [0.3, 0.4) is 0 Å². The van der Waals surface area contributed by atoms with Crippen LogP contribution in [-0.4, -0.2) is 63.6 Å². The number of benzene rings is 2. The number of anilines is 3. The number of hydrogen-bond acceptors (Lipinski definition) is 6. The number of amides is 2. The first-order valence-corrected chi connectivity index (χ1v) is 12.7. The van der Waals surface area contributed by atoms with Crippen LogP contribution in [-0.2, 0) is 12.7 Å². The van der Waals surface area contributed by atoms with E-state index in [4.69, 9.17) is 5.73 Å². The molecule has 208 valence electrons. The van der Waals surface area contributed by atoms with E-state index < -0.39 is 17.8 Å². The molecule has 12 heteroatoms. The smallest absolute Gasteiger partial charge is 0.382 e. The van der Waals surface area contributed by atoms with E-state index in [9.17, 15) is 18.0 Å². The number of piperazine rings is 1. The molecule has 4 aromatic rings. The fourth-order valence-electron chi connectivity index (χ4n) is 4.55. The van der Waals surface area contributed by atoms with Crippen LogP contribution >= 0.6 is 0 Å². The van der Waals surface area contributed by atoms with E-state index >= 15 is 0 Å². The van der Waals surface area contributed by atoms with Crippen molar-refractivity contribution >= 4 is 23.2 Å². The van der Waals surface area contributed by atoms with Crippen molar-refractivity contribution in [2.45, 2.75) is 12.7 Å². The summed E-state index contributed by atoms with van der Waals surface area (Å²) in [6.07, 6.45) is 0.516. The quantitative estimate of drug-likeness (QED) is 0.315. The van der Waals surface area contributed by atoms with Gasteiger partial charge in [-0.2, -0.15) is 13.2 Å². The Morgan fingerprint density at radius 1 is 0.975 bits per heavy atom. The maximum atomic E-state index is 13.9. The first-order chi connectivity index (χ1) is 19.2. The first kappa shape index (κ1) is 27.2. The lowest BCUT2D eigenvalue weighted by molar-refractivity contribution is -0.138. The van der Waals surface area contributed by atoms with Crippen molar-refractivity contribution in [1.82, 2.24) is 24.3 Å². The van der Waals surface area contributed by atoms with Gasteiger partial charge in [-0.3, -0.25) is 4.90 Å². The number of carbonyl (C=O) groups excluding carboxylic acids is 1. The molecule has 1 aliphatic heterocycles. The molecule has 0 aliphatic carbocycles. The van der Waals surface area contributed by atoms with Gasteiger partial charge in [0.1, 0.15) is 12.1 Å². The standard InChI is InChI=1S/C28H29F3N8O/c1-37-11-13-38(14-12-37)16-20-6-9-22(15-23(20)28(29,30)31)36-27(40)35-21-7-4-19(5-8-21)24-17-39(18-34-24)25-3-2-10-33-26(25)32/h2-10,15,17-18H,11-14,16H2,1H3,(H2,32,33)(H2,35,36,40). The number of nitrogens with one attached hydrogen (secondary N) is 2. The maximum Gasteiger partial charge on any atom is 0.416 e. The number of carbonyl (C=O) groups is 1. The second-order valence-corrected chi connectivity index (χ2v) is 9.68. The number of pyridine rings is 1. The van der Waals surface area contributed by atoms with E-state index in [2.05, 4.69) is 25.5 Å². The molecule has 2 aromatic carbocycles. The number of alkyl halides is 3. The highest BCUT2D eigenvalue weighted by atomic mass is 19.4. The average molecular weight is 551 g/mol. The Kier molecular flexibility index (Phi) is 7.71. The number of rotatable bonds is 6. The van der Waals surface area contributed by atoms with Crippen LogP contribution in [0.5, 0.6) is 0 Å². The molecule has 1 saturated heterocycles. The van der Waals surface area contributed by atoms with Crippen LogP contribution in [0.25, 0.3) is 16.9 Å². The summed E-state index contributed by atoms with van der Waals surface area (Å²) in [5.74, 6) is 0.379. The van der Waals surface area contributed by atoms with Crippen molar-refractivity contribution in [3.63, 3.8) is 0 Å². The summed E-state index contributed by atoms with van der Waals surface area (Å²) in [6.45, 7) is 3.24. The predicted molar refractivity (Wildman–Crippen MR) is 148 cm³/mol. The summed E-state index contributed by atoms with van der Waals surface area (Å²) in [6, 6.07) is 13.8. The van der Waals surface area contributed by atoms with Crippen LogP contribution in [0.15, 0.2) is 73.3 Å². The highest BCUT2D eigenvalue weighted by Crippen LogP contribution is 2.34. The Balaban J connectivity index is 1.23. The van der Waals surface area contributed by atoms with Gasteiger partial charge in [0.25, 0.3) is 0 Å². The summed E-state index contributed by atoms with van der Waals surface area (Å²) in [7, 11) is 1.99. The van der Waals surface area contributed by atoms with E-state index in [1.807, 2.05) is 24.2 Å². The number of aromatic nitrogens is 3. The minimum Gasteiger partial charge on any atom is -0.382 e. The van der Waals surface area contributed by atoms with E-state index in [-0.39, 0.29) is 17.8 Å². The molecule has 0 atom stereocenters. The molecule has 9 nitrogen and oxygen atoms in total. The van der Waals surface area contributed by atoms with Gasteiger partial charge in [-0.25, -0.2) is 14.8 Å². The molecule has 2 aromatic heterocycles. The fraction of sp³-hybridized carbons (Fsp3) is 0.250. The summed E-state index contributed by atoms with van der Waals surface area (Å²) in [5, 5.41) is 5.16. The average Bonchev–Trinajstić information content (AvgIpc) is 3.41. The molecule has 0 bridgehead atoms. The van der Waals surface area contributed by atoms with Gasteiger partial charge >= 0.3 is 12.2 Å². The number of nitrogen functional groups attached to an aromatic ring is 1. The normalized spacial score (nSPS) is 14.7. The monoisotopic (exact) mass is 550 g/mol. The number of imidazole rings is 1. The largest absolute Gasteiger partial charge is 0.416 e. The third kappa shape index (κ3) is 6.41. The van der Waals surface area contributed by atoms with Crippen LogP contribution in [0.4, 0.5) is 35.2 Å². The Morgan fingerprint density at radius 3 is 2.38 bits per heavy atom. The third-order valence-electron chi connectivity index (χ3n) is 6.78. The highest BCUT2D eigenvalue weighted by molar-refractivity contribution is 6.00. The number of urea groups is 1. The van der Waals surface area contributed by atoms with Crippen molar-refractivity contribution in [3.8, 4) is 16.9 Å². The zero-order valence-corrected chi connectivity index (χ0v) is 21.8. The van der Waals surface area contributed by atoms with Crippen molar-refractivity contribution in [3.05, 3.63) is 84.4 Å². The SMILES string of the molecule is CN1CCN(Cc2ccc(NC(=O)Nc3ccc(-c4cn(-c5cccnc5N)cn4)cc3)cc2C(F)(F)F)CC1. The zero-order valence-electron chi connectivity index (χ0n) is 21.8. The number of halogens is 3. The van der Waals surface area contributed by atoms with E-state index in [0.29, 0.717) is 36.0 Å². The number of nitrogens with zero attached hydrogens (tertiary/aromatic N) is 5. The Bertz CT molecular complexity index is 1480. The van der Waals surface area contributed by atoms with Gasteiger partial charge in [-0.1, -0.05) is 18.2 Å². The third-order valence-corrected chi connectivity index (χ3v) is 6.78. The van der Waals surface area contributed by atoms with Gasteiger partial charge in [0, 0.05) is 62.1 Å². The lowest BCUT2D eigenvalue weighted by atomic mass is 10.0. The zero-order chi connectivity index (χ0) is 28.3. The summed E-state index contributed by atoms with van der Waals surface area (Å²) < 4.78 is 43.3. The molecular formula is C28H29F3N8O. The summed E-state index contributed by atoms with van der Waals surface area (Å²) >= 11 is 0. The van der Waals surface area contributed by atoms with Gasteiger partial charge in [0.2, 0.25) is 0 Å². The van der Waals surface area contributed by atoms with Crippen molar-refractivity contribution < 1.29 is 18.0 Å². The highest BCUT2D eigenvalue weighted by Gasteiger charge is 2.34. The molecule has 1 aliphatic rings. The van der Waals surface area contributed by atoms with E-state index in [1.165, 1.54) is 12.1 Å². The van der Waals surface area contributed by atoms with Crippen molar-refractivity contribution in [2.24, 2.45) is 0 Å². The molecule has 0 spiro atoms. The second-order valence-electron chi connectivity index (χ2n) is 9.68. The van der Waals surface area contributed by atoms with Crippen LogP contribution in [0, 0.1) is 0 Å². The van der Waals surface area contributed by atoms with E-state index in [1.54, 1.807) is 47.4 Å². The minimum atomic E-state index is -4.54. The minimum absolute atomic E-state index is 0.0591. The molecule has 1 fully saturated rings. The Morgan fingerprint density at radius 2 is 1.68 bits per heavy atom. The van der Waals surface area contributed by atoms with Crippen molar-refractivity contribution in [1.29, 1.82) is 0 Å². The number of likely N-dealkylation sites (N-methyl/N-ethyl adjacent to an activating group) is 1. The summed E-state index contributed by atoms with van der Waals surface area (Å²) in [4.78, 5) is 25.2. The number of hydrogen-bond donors (Lipinski definition) is 3. The van der Waals surface area contributed by atoms with Crippen LogP contribution in [0.1, 0.15) is 11.1 Å². The summed E-state index contributed by atoms with van der Waals surface area (Å²) in [5.41, 5.74) is 8.11. The molecule has 0 radical (unpaired) electrons. The molecule has 5 rings (SSSR count). The second kappa shape index (κ2) is 11.4. The van der Waals surface area contributed by atoms with Gasteiger partial charge in [-0.05, 0) is 49.0 Å². The number of nitrogens with two attached hydrogens (primary N) is 1. The maximum absolute atomic E-state index is 13.9. The van der Waals surface area contributed by atoms with Gasteiger partial charge in [-0.15, -0.1) is 0 Å². The molecule has 3 heterocycles. The lowest BCUT2D eigenvalue weighted by Gasteiger charge is -2.33. The van der Waals surface area contributed by atoms with Gasteiger partial charge in [0.15, 0.2) is 0 Å². The lowest BCUT2D eigenvalue weighted by Crippen LogP contribution is -2.44. The molecule has 4 N–H and O–H groups in total. The predicted octanol–water partition coefficient (Wildman–Crippen LogP) is 4.93. The van der Waals surface area contributed by atoms with Gasteiger partial charge < -0.3 is 25.8 Å². The molecule has 0 saturated carbocycles. The Hall–Kier alpha value is -4.42. The van der Waals surface area contributed by atoms with Gasteiger partial charge in [0.05, 0.1) is 16.9 Å². The molecular weight excluding hydrogens is 521 g/mol.